The molecule has 0 saturated carbocycles. The molecule has 0 aliphatic heterocycles. The van der Waals surface area contributed by atoms with Gasteiger partial charge in [0.05, 0.1) is 11.0 Å². The van der Waals surface area contributed by atoms with Crippen LogP contribution in [0.5, 0.6) is 0 Å². The van der Waals surface area contributed by atoms with Crippen LogP contribution in [0.2, 0.25) is 0 Å². The van der Waals surface area contributed by atoms with Crippen molar-refractivity contribution in [2.75, 3.05) is 0 Å². The first-order valence-corrected chi connectivity index (χ1v) is 17.5. The molecule has 0 amide bonds. The van der Waals surface area contributed by atoms with Crippen molar-refractivity contribution in [1.82, 2.24) is 19.5 Å². The topological polar surface area (TPSA) is 56.7 Å². The number of para-hydroxylation sites is 1. The Balaban J connectivity index is 1.20. The van der Waals surface area contributed by atoms with Crippen molar-refractivity contribution in [3.05, 3.63) is 170 Å². The average molecular weight is 665 g/mol. The molecule has 0 aliphatic rings. The molecule has 11 aromatic rings. The Kier molecular flexibility index (Phi) is 6.18. The molecule has 0 fully saturated rings. The minimum atomic E-state index is 0.571. The van der Waals surface area contributed by atoms with Crippen molar-refractivity contribution in [3.8, 4) is 39.9 Å². The van der Waals surface area contributed by atoms with Crippen LogP contribution in [0, 0.1) is 0 Å². The number of nitrogens with zero attached hydrogens (tertiary/aromatic N) is 4. The van der Waals surface area contributed by atoms with Crippen LogP contribution in [-0.2, 0) is 0 Å². The summed E-state index contributed by atoms with van der Waals surface area (Å²) in [5, 5.41) is 9.29. The van der Waals surface area contributed by atoms with Gasteiger partial charge in [-0.2, -0.15) is 9.97 Å². The lowest BCUT2D eigenvalue weighted by molar-refractivity contribution is 0.670. The van der Waals surface area contributed by atoms with Crippen molar-refractivity contribution in [2.45, 2.75) is 0 Å². The molecule has 0 atom stereocenters. The second kappa shape index (κ2) is 11.2. The van der Waals surface area contributed by atoms with Crippen molar-refractivity contribution in [1.29, 1.82) is 0 Å². The van der Waals surface area contributed by atoms with E-state index in [1.807, 2.05) is 60.7 Å². The number of aromatic nitrogens is 4. The number of benzene rings is 8. The van der Waals surface area contributed by atoms with Crippen LogP contribution in [-0.4, -0.2) is 19.5 Å². The fraction of sp³-hybridized carbons (Fsp3) is 0. The van der Waals surface area contributed by atoms with Gasteiger partial charge in [-0.1, -0.05) is 146 Å². The van der Waals surface area contributed by atoms with E-state index in [9.17, 15) is 0 Å². The molecule has 0 radical (unpaired) electrons. The van der Waals surface area contributed by atoms with Crippen molar-refractivity contribution in [3.63, 3.8) is 0 Å². The second-order valence-electron chi connectivity index (χ2n) is 13.2. The van der Waals surface area contributed by atoms with Gasteiger partial charge in [0.15, 0.2) is 11.6 Å². The minimum Gasteiger partial charge on any atom is -0.455 e. The average Bonchev–Trinajstić information content (AvgIpc) is 3.77. The molecule has 0 bridgehead atoms. The molecule has 5 nitrogen and oxygen atoms in total. The van der Waals surface area contributed by atoms with Gasteiger partial charge in [0, 0.05) is 38.2 Å². The van der Waals surface area contributed by atoms with Gasteiger partial charge in [-0.15, -0.1) is 0 Å². The number of fused-ring (bicyclic) bond motifs is 10. The van der Waals surface area contributed by atoms with Crippen LogP contribution in [0.4, 0.5) is 0 Å². The Hall–Kier alpha value is -7.11. The lowest BCUT2D eigenvalue weighted by Gasteiger charge is -2.11. The van der Waals surface area contributed by atoms with Gasteiger partial charge in [0.2, 0.25) is 5.95 Å². The highest BCUT2D eigenvalue weighted by molar-refractivity contribution is 6.23. The van der Waals surface area contributed by atoms with Gasteiger partial charge in [0.1, 0.15) is 11.2 Å². The summed E-state index contributed by atoms with van der Waals surface area (Å²) in [6.07, 6.45) is 0. The molecule has 0 unspecified atom stereocenters. The molecule has 5 heteroatoms. The maximum atomic E-state index is 6.67. The molecule has 11 rings (SSSR count). The number of hydrogen-bond acceptors (Lipinski definition) is 4. The van der Waals surface area contributed by atoms with E-state index in [1.165, 1.54) is 21.5 Å². The zero-order valence-corrected chi connectivity index (χ0v) is 27.9. The maximum Gasteiger partial charge on any atom is 0.238 e. The van der Waals surface area contributed by atoms with Gasteiger partial charge in [-0.05, 0) is 51.4 Å². The fourth-order valence-electron chi connectivity index (χ4n) is 7.87. The molecular formula is C47H28N4O. The van der Waals surface area contributed by atoms with Crippen molar-refractivity contribution in [2.24, 2.45) is 0 Å². The van der Waals surface area contributed by atoms with Crippen LogP contribution in [0.3, 0.4) is 0 Å². The van der Waals surface area contributed by atoms with Gasteiger partial charge in [-0.3, -0.25) is 4.57 Å². The van der Waals surface area contributed by atoms with E-state index in [2.05, 4.69) is 114 Å². The van der Waals surface area contributed by atoms with Gasteiger partial charge >= 0.3 is 0 Å². The Labute approximate surface area is 298 Å². The summed E-state index contributed by atoms with van der Waals surface area (Å²) >= 11 is 0. The van der Waals surface area contributed by atoms with Crippen LogP contribution in [0.1, 0.15) is 0 Å². The molecule has 3 heterocycles. The Morgan fingerprint density at radius 2 is 1.00 bits per heavy atom. The minimum absolute atomic E-state index is 0.571. The smallest absolute Gasteiger partial charge is 0.238 e. The molecule has 52 heavy (non-hydrogen) atoms. The quantitative estimate of drug-likeness (QED) is 0.188. The molecule has 8 aromatic carbocycles. The van der Waals surface area contributed by atoms with Gasteiger partial charge < -0.3 is 4.42 Å². The predicted octanol–water partition coefficient (Wildman–Crippen LogP) is 12.2. The first kappa shape index (κ1) is 28.7. The molecule has 3 aromatic heterocycles. The monoisotopic (exact) mass is 664 g/mol. The van der Waals surface area contributed by atoms with Crippen LogP contribution in [0.25, 0.3) is 105 Å². The summed E-state index contributed by atoms with van der Waals surface area (Å²) in [5.41, 5.74) is 7.83. The standard InChI is InChI=1S/C47H28N4O/c1-3-14-31(15-4-1)45-48-46(32-16-5-2-6-17-32)50-47(49-45)51-39-25-23-33(28-38(39)42-34-18-9-7-12-29(34)22-26-40(42)51)36-20-11-21-37-43-35-19-10-8-13-30(35)24-27-41(43)52-44(36)37/h1-28H. The van der Waals surface area contributed by atoms with E-state index >= 15 is 0 Å². The zero-order valence-electron chi connectivity index (χ0n) is 27.9. The summed E-state index contributed by atoms with van der Waals surface area (Å²) in [6.45, 7) is 0. The molecule has 0 spiro atoms. The highest BCUT2D eigenvalue weighted by Crippen LogP contribution is 2.42. The molecule has 0 aliphatic carbocycles. The summed E-state index contributed by atoms with van der Waals surface area (Å²) < 4.78 is 8.86. The first-order valence-electron chi connectivity index (χ1n) is 17.5. The SMILES string of the molecule is c1ccc(-c2nc(-c3ccccc3)nc(-n3c4ccc(-c5cccc6c5oc5ccc7ccccc7c56)cc4c4c5ccccc5ccc43)n2)cc1. The Bertz CT molecular complexity index is 3120. The third-order valence-corrected chi connectivity index (χ3v) is 10.2. The van der Waals surface area contributed by atoms with E-state index in [4.69, 9.17) is 19.4 Å². The highest BCUT2D eigenvalue weighted by Gasteiger charge is 2.21. The third-order valence-electron chi connectivity index (χ3n) is 10.2. The van der Waals surface area contributed by atoms with Crippen molar-refractivity contribution < 1.29 is 4.42 Å². The lowest BCUT2D eigenvalue weighted by atomic mass is 9.98. The van der Waals surface area contributed by atoms with Gasteiger partial charge in [-0.25, -0.2) is 4.98 Å². The maximum absolute atomic E-state index is 6.67. The summed E-state index contributed by atoms with van der Waals surface area (Å²) in [7, 11) is 0. The predicted molar refractivity (Wildman–Crippen MR) is 213 cm³/mol. The van der Waals surface area contributed by atoms with Gasteiger partial charge in [0.25, 0.3) is 0 Å². The Morgan fingerprint density at radius 3 is 1.71 bits per heavy atom. The molecule has 242 valence electrons. The lowest BCUT2D eigenvalue weighted by Crippen LogP contribution is -2.06. The fourth-order valence-corrected chi connectivity index (χ4v) is 7.87. The second-order valence-corrected chi connectivity index (χ2v) is 13.2. The largest absolute Gasteiger partial charge is 0.455 e. The third kappa shape index (κ3) is 4.33. The molecule has 0 N–H and O–H groups in total. The number of furan rings is 1. The van der Waals surface area contributed by atoms with Crippen molar-refractivity contribution >= 4 is 65.3 Å². The summed E-state index contributed by atoms with van der Waals surface area (Å²) in [4.78, 5) is 15.3. The van der Waals surface area contributed by atoms with E-state index in [1.54, 1.807) is 0 Å². The summed E-state index contributed by atoms with van der Waals surface area (Å²) in [6, 6.07) is 59.1. The highest BCUT2D eigenvalue weighted by atomic mass is 16.3. The zero-order chi connectivity index (χ0) is 34.2. The normalized spacial score (nSPS) is 11.8. The molecule has 0 saturated heterocycles. The van der Waals surface area contributed by atoms with E-state index in [0.717, 1.165) is 66.0 Å². The van der Waals surface area contributed by atoms with Crippen LogP contribution < -0.4 is 0 Å². The number of hydrogen-bond donors (Lipinski definition) is 0. The summed E-state index contributed by atoms with van der Waals surface area (Å²) in [5.74, 6) is 1.82. The first-order chi connectivity index (χ1) is 25.8. The van der Waals surface area contributed by atoms with E-state index in [0.29, 0.717) is 17.6 Å². The van der Waals surface area contributed by atoms with E-state index < -0.39 is 0 Å². The number of rotatable bonds is 4. The van der Waals surface area contributed by atoms with Crippen LogP contribution >= 0.6 is 0 Å². The van der Waals surface area contributed by atoms with Crippen LogP contribution in [0.15, 0.2) is 174 Å². The molecular weight excluding hydrogens is 637 g/mol. The van der Waals surface area contributed by atoms with E-state index in [-0.39, 0.29) is 0 Å². The Morgan fingerprint density at radius 1 is 0.404 bits per heavy atom.